The van der Waals surface area contributed by atoms with Gasteiger partial charge in [0, 0.05) is 6.04 Å². The number of ether oxygens (including phenoxy) is 1. The van der Waals surface area contributed by atoms with E-state index in [9.17, 15) is 0 Å². The molecule has 0 saturated heterocycles. The molecule has 106 valence electrons. The fourth-order valence-corrected chi connectivity index (χ4v) is 1.93. The second-order valence-electron chi connectivity index (χ2n) is 5.00. The largest absolute Gasteiger partial charge is 0.494 e. The quantitative estimate of drug-likeness (QED) is 0.508. The first-order valence-corrected chi connectivity index (χ1v) is 7.34. The van der Waals surface area contributed by atoms with Crippen LogP contribution in [0.2, 0.25) is 0 Å². The summed E-state index contributed by atoms with van der Waals surface area (Å²) in [7, 11) is 0. The maximum absolute atomic E-state index is 5.94. The Hall–Kier alpha value is -1.28. The molecule has 0 aliphatic heterocycles. The van der Waals surface area contributed by atoms with Gasteiger partial charge in [-0.25, -0.2) is 0 Å². The number of rotatable bonds is 10. The van der Waals surface area contributed by atoms with Crippen LogP contribution in [0.15, 0.2) is 36.9 Å². The molecule has 0 aliphatic rings. The SMILES string of the molecule is C=CCCCCCOc1ccc(CC(N)CC)cc1. The number of benzene rings is 1. The van der Waals surface area contributed by atoms with Gasteiger partial charge < -0.3 is 10.5 Å². The van der Waals surface area contributed by atoms with Gasteiger partial charge in [-0.3, -0.25) is 0 Å². The van der Waals surface area contributed by atoms with Crippen LogP contribution >= 0.6 is 0 Å². The Morgan fingerprint density at radius 1 is 1.21 bits per heavy atom. The van der Waals surface area contributed by atoms with Gasteiger partial charge in [-0.2, -0.15) is 0 Å². The summed E-state index contributed by atoms with van der Waals surface area (Å²) >= 11 is 0. The first-order valence-electron chi connectivity index (χ1n) is 7.34. The number of hydrogen-bond acceptors (Lipinski definition) is 2. The average Bonchev–Trinajstić information content (AvgIpc) is 2.44. The third kappa shape index (κ3) is 7.02. The van der Waals surface area contributed by atoms with E-state index in [1.807, 2.05) is 18.2 Å². The lowest BCUT2D eigenvalue weighted by Gasteiger charge is -2.10. The summed E-state index contributed by atoms with van der Waals surface area (Å²) in [5.74, 6) is 0.956. The van der Waals surface area contributed by atoms with Crippen molar-refractivity contribution in [1.82, 2.24) is 0 Å². The predicted molar refractivity (Wildman–Crippen MR) is 82.6 cm³/mol. The lowest BCUT2D eigenvalue weighted by atomic mass is 10.0. The molecule has 1 atom stereocenters. The molecule has 2 N–H and O–H groups in total. The van der Waals surface area contributed by atoms with Gasteiger partial charge in [-0.05, 0) is 56.2 Å². The fraction of sp³-hybridized carbons (Fsp3) is 0.529. The highest BCUT2D eigenvalue weighted by Crippen LogP contribution is 2.14. The molecule has 1 rings (SSSR count). The lowest BCUT2D eigenvalue weighted by molar-refractivity contribution is 0.305. The van der Waals surface area contributed by atoms with E-state index >= 15 is 0 Å². The Morgan fingerprint density at radius 3 is 2.58 bits per heavy atom. The zero-order chi connectivity index (χ0) is 13.9. The summed E-state index contributed by atoms with van der Waals surface area (Å²) in [6, 6.07) is 8.57. The molecule has 0 fully saturated rings. The van der Waals surface area contributed by atoms with Gasteiger partial charge in [0.25, 0.3) is 0 Å². The minimum atomic E-state index is 0.261. The Kier molecular flexibility index (Phi) is 7.99. The molecule has 0 radical (unpaired) electrons. The topological polar surface area (TPSA) is 35.2 Å². The fourth-order valence-electron chi connectivity index (χ4n) is 1.93. The van der Waals surface area contributed by atoms with E-state index in [-0.39, 0.29) is 6.04 Å². The predicted octanol–water partition coefficient (Wildman–Crippen LogP) is 4.09. The highest BCUT2D eigenvalue weighted by molar-refractivity contribution is 5.27. The second-order valence-corrected chi connectivity index (χ2v) is 5.00. The molecule has 0 aliphatic carbocycles. The Morgan fingerprint density at radius 2 is 1.95 bits per heavy atom. The minimum Gasteiger partial charge on any atom is -0.494 e. The van der Waals surface area contributed by atoms with Crippen molar-refractivity contribution >= 4 is 0 Å². The van der Waals surface area contributed by atoms with E-state index in [1.54, 1.807) is 0 Å². The van der Waals surface area contributed by atoms with Crippen LogP contribution in [0.5, 0.6) is 5.75 Å². The summed E-state index contributed by atoms with van der Waals surface area (Å²) < 4.78 is 5.72. The Bertz CT molecular complexity index is 345. The van der Waals surface area contributed by atoms with Crippen molar-refractivity contribution in [2.24, 2.45) is 5.73 Å². The molecule has 1 aromatic rings. The molecule has 19 heavy (non-hydrogen) atoms. The van der Waals surface area contributed by atoms with E-state index in [0.717, 1.165) is 38.0 Å². The number of unbranched alkanes of at least 4 members (excludes halogenated alkanes) is 3. The van der Waals surface area contributed by atoms with Crippen LogP contribution in [-0.4, -0.2) is 12.6 Å². The van der Waals surface area contributed by atoms with E-state index in [1.165, 1.54) is 18.4 Å². The van der Waals surface area contributed by atoms with Gasteiger partial charge in [0.2, 0.25) is 0 Å². The monoisotopic (exact) mass is 261 g/mol. The van der Waals surface area contributed by atoms with E-state index in [4.69, 9.17) is 10.5 Å². The molecule has 0 amide bonds. The van der Waals surface area contributed by atoms with E-state index in [0.29, 0.717) is 0 Å². The van der Waals surface area contributed by atoms with Crippen molar-refractivity contribution < 1.29 is 4.74 Å². The van der Waals surface area contributed by atoms with Crippen molar-refractivity contribution in [3.05, 3.63) is 42.5 Å². The van der Waals surface area contributed by atoms with Gasteiger partial charge in [0.05, 0.1) is 6.61 Å². The maximum atomic E-state index is 5.94. The minimum absolute atomic E-state index is 0.261. The molecular weight excluding hydrogens is 234 g/mol. The smallest absolute Gasteiger partial charge is 0.119 e. The first kappa shape index (κ1) is 15.8. The highest BCUT2D eigenvalue weighted by Gasteiger charge is 2.01. The number of nitrogens with two attached hydrogens (primary N) is 1. The third-order valence-electron chi connectivity index (χ3n) is 3.27. The second kappa shape index (κ2) is 9.62. The van der Waals surface area contributed by atoms with Crippen molar-refractivity contribution in [1.29, 1.82) is 0 Å². The van der Waals surface area contributed by atoms with E-state index in [2.05, 4.69) is 25.6 Å². The highest BCUT2D eigenvalue weighted by atomic mass is 16.5. The summed E-state index contributed by atoms with van der Waals surface area (Å²) in [6.45, 7) is 6.64. The Labute approximate surface area is 117 Å². The maximum Gasteiger partial charge on any atom is 0.119 e. The van der Waals surface area contributed by atoms with Gasteiger partial charge in [0.15, 0.2) is 0 Å². The number of hydrogen-bond donors (Lipinski definition) is 1. The molecule has 2 nitrogen and oxygen atoms in total. The van der Waals surface area contributed by atoms with Gasteiger partial charge >= 0.3 is 0 Å². The summed E-state index contributed by atoms with van der Waals surface area (Å²) in [5.41, 5.74) is 7.23. The molecular formula is C17H27NO. The average molecular weight is 261 g/mol. The molecule has 1 aromatic carbocycles. The summed E-state index contributed by atoms with van der Waals surface area (Å²) in [6.07, 6.45) is 8.56. The van der Waals surface area contributed by atoms with Crippen molar-refractivity contribution in [2.45, 2.75) is 51.5 Å². The van der Waals surface area contributed by atoms with Crippen LogP contribution in [0.4, 0.5) is 0 Å². The molecule has 0 saturated carbocycles. The van der Waals surface area contributed by atoms with Crippen molar-refractivity contribution in [2.75, 3.05) is 6.61 Å². The zero-order valence-electron chi connectivity index (χ0n) is 12.1. The normalized spacial score (nSPS) is 12.1. The first-order chi connectivity index (χ1) is 9.26. The van der Waals surface area contributed by atoms with Gasteiger partial charge in [-0.15, -0.1) is 6.58 Å². The summed E-state index contributed by atoms with van der Waals surface area (Å²) in [5, 5.41) is 0. The standard InChI is InChI=1S/C17H27NO/c1-3-5-6-7-8-13-19-17-11-9-15(10-12-17)14-16(18)4-2/h3,9-12,16H,1,4-8,13-14,18H2,2H3. The van der Waals surface area contributed by atoms with E-state index < -0.39 is 0 Å². The third-order valence-corrected chi connectivity index (χ3v) is 3.27. The van der Waals surface area contributed by atoms with Crippen molar-refractivity contribution in [3.63, 3.8) is 0 Å². The zero-order valence-corrected chi connectivity index (χ0v) is 12.1. The summed E-state index contributed by atoms with van der Waals surface area (Å²) in [4.78, 5) is 0. The number of allylic oxidation sites excluding steroid dienone is 1. The van der Waals surface area contributed by atoms with Crippen LogP contribution in [0.25, 0.3) is 0 Å². The van der Waals surface area contributed by atoms with Crippen LogP contribution in [0.1, 0.15) is 44.6 Å². The van der Waals surface area contributed by atoms with Gasteiger partial charge in [0.1, 0.15) is 5.75 Å². The molecule has 0 heterocycles. The molecule has 0 bridgehead atoms. The van der Waals surface area contributed by atoms with Crippen LogP contribution < -0.4 is 10.5 Å². The van der Waals surface area contributed by atoms with Gasteiger partial charge in [-0.1, -0.05) is 25.1 Å². The molecule has 0 spiro atoms. The van der Waals surface area contributed by atoms with Crippen molar-refractivity contribution in [3.8, 4) is 5.75 Å². The van der Waals surface area contributed by atoms with Crippen LogP contribution in [0, 0.1) is 0 Å². The molecule has 0 aromatic heterocycles. The Balaban J connectivity index is 2.22. The van der Waals surface area contributed by atoms with Crippen LogP contribution in [-0.2, 0) is 6.42 Å². The molecule has 2 heteroatoms. The lowest BCUT2D eigenvalue weighted by Crippen LogP contribution is -2.21. The molecule has 1 unspecified atom stereocenters. The van der Waals surface area contributed by atoms with Crippen LogP contribution in [0.3, 0.4) is 0 Å².